The van der Waals surface area contributed by atoms with E-state index >= 15 is 0 Å². The molecule has 0 fully saturated rings. The number of aldehydes is 1. The third kappa shape index (κ3) is 4.53. The van der Waals surface area contributed by atoms with Gasteiger partial charge < -0.3 is 9.69 Å². The van der Waals surface area contributed by atoms with Gasteiger partial charge in [-0.15, -0.1) is 0 Å². The van der Waals surface area contributed by atoms with Gasteiger partial charge in [-0.2, -0.15) is 0 Å². The molecule has 0 aromatic carbocycles. The fraction of sp³-hybridized carbons (Fsp3) is 0.750. The zero-order valence-electron chi connectivity index (χ0n) is 7.17. The topological polar surface area (TPSA) is 37.4 Å². The fourth-order valence-corrected chi connectivity index (χ4v) is 0.776. The molecule has 0 heterocycles. The molecule has 0 aliphatic rings. The molecule has 11 heavy (non-hydrogen) atoms. The van der Waals surface area contributed by atoms with Crippen LogP contribution >= 0.6 is 0 Å². The Morgan fingerprint density at radius 3 is 2.64 bits per heavy atom. The number of carbonyl (C=O) groups is 2. The van der Waals surface area contributed by atoms with Gasteiger partial charge in [-0.05, 0) is 6.42 Å². The van der Waals surface area contributed by atoms with Gasteiger partial charge in [-0.25, -0.2) is 0 Å². The first-order chi connectivity index (χ1) is 5.22. The zero-order chi connectivity index (χ0) is 8.69. The first-order valence-corrected chi connectivity index (χ1v) is 3.90. The van der Waals surface area contributed by atoms with Crippen LogP contribution in [0.3, 0.4) is 0 Å². The number of nitrogens with zero attached hydrogens (tertiary/aromatic N) is 1. The van der Waals surface area contributed by atoms with Gasteiger partial charge in [0.15, 0.2) is 0 Å². The third-order valence-electron chi connectivity index (χ3n) is 1.47. The summed E-state index contributed by atoms with van der Waals surface area (Å²) < 4.78 is 0. The summed E-state index contributed by atoms with van der Waals surface area (Å²) >= 11 is 0. The van der Waals surface area contributed by atoms with Crippen molar-refractivity contribution in [2.24, 2.45) is 0 Å². The van der Waals surface area contributed by atoms with Crippen LogP contribution < -0.4 is 0 Å². The van der Waals surface area contributed by atoms with E-state index in [0.29, 0.717) is 19.4 Å². The van der Waals surface area contributed by atoms with Crippen LogP contribution in [0.15, 0.2) is 0 Å². The SMILES string of the molecule is CCCC(=O)N(C)CCC=O. The van der Waals surface area contributed by atoms with Gasteiger partial charge in [0.2, 0.25) is 5.91 Å². The average molecular weight is 157 g/mol. The van der Waals surface area contributed by atoms with Crippen LogP contribution in [-0.4, -0.2) is 30.7 Å². The van der Waals surface area contributed by atoms with Gasteiger partial charge in [0, 0.05) is 26.4 Å². The number of hydrogen-bond donors (Lipinski definition) is 0. The highest BCUT2D eigenvalue weighted by molar-refractivity contribution is 5.76. The second-order valence-electron chi connectivity index (χ2n) is 2.52. The van der Waals surface area contributed by atoms with Crippen LogP contribution in [0.25, 0.3) is 0 Å². The van der Waals surface area contributed by atoms with E-state index in [1.165, 1.54) is 0 Å². The van der Waals surface area contributed by atoms with Crippen molar-refractivity contribution in [2.45, 2.75) is 26.2 Å². The predicted molar refractivity (Wildman–Crippen MR) is 43.2 cm³/mol. The average Bonchev–Trinajstić information content (AvgIpc) is 2.00. The van der Waals surface area contributed by atoms with Crippen LogP contribution in [0.5, 0.6) is 0 Å². The summed E-state index contributed by atoms with van der Waals surface area (Å²) in [6.45, 7) is 2.51. The highest BCUT2D eigenvalue weighted by Crippen LogP contribution is 1.94. The van der Waals surface area contributed by atoms with Crippen LogP contribution in [0.1, 0.15) is 26.2 Å². The van der Waals surface area contributed by atoms with Gasteiger partial charge in [0.05, 0.1) is 0 Å². The Bertz CT molecular complexity index is 134. The summed E-state index contributed by atoms with van der Waals surface area (Å²) in [5.41, 5.74) is 0. The lowest BCUT2D eigenvalue weighted by molar-refractivity contribution is -0.130. The van der Waals surface area contributed by atoms with Gasteiger partial charge in [0.1, 0.15) is 6.29 Å². The molecule has 3 heteroatoms. The van der Waals surface area contributed by atoms with E-state index < -0.39 is 0 Å². The molecule has 0 radical (unpaired) electrons. The van der Waals surface area contributed by atoms with Crippen LogP contribution in [0, 0.1) is 0 Å². The number of amides is 1. The fourth-order valence-electron chi connectivity index (χ4n) is 0.776. The highest BCUT2D eigenvalue weighted by Gasteiger charge is 2.04. The van der Waals surface area contributed by atoms with Crippen molar-refractivity contribution in [3.63, 3.8) is 0 Å². The molecule has 0 N–H and O–H groups in total. The Morgan fingerprint density at radius 2 is 2.18 bits per heavy atom. The van der Waals surface area contributed by atoms with Gasteiger partial charge in [-0.3, -0.25) is 4.79 Å². The molecule has 1 amide bonds. The Hall–Kier alpha value is -0.860. The van der Waals surface area contributed by atoms with E-state index in [1.807, 2.05) is 6.92 Å². The largest absolute Gasteiger partial charge is 0.345 e. The van der Waals surface area contributed by atoms with Gasteiger partial charge in [0.25, 0.3) is 0 Å². The van der Waals surface area contributed by atoms with Gasteiger partial charge in [-0.1, -0.05) is 6.92 Å². The number of rotatable bonds is 5. The Labute approximate surface area is 67.4 Å². The molecule has 0 bridgehead atoms. The first-order valence-electron chi connectivity index (χ1n) is 3.90. The van der Waals surface area contributed by atoms with Crippen molar-refractivity contribution in [3.8, 4) is 0 Å². The van der Waals surface area contributed by atoms with E-state index in [-0.39, 0.29) is 5.91 Å². The number of hydrogen-bond acceptors (Lipinski definition) is 2. The Morgan fingerprint density at radius 1 is 1.55 bits per heavy atom. The first kappa shape index (κ1) is 10.1. The minimum absolute atomic E-state index is 0.120. The minimum atomic E-state index is 0.120. The van der Waals surface area contributed by atoms with Crippen LogP contribution in [0.2, 0.25) is 0 Å². The second kappa shape index (κ2) is 5.89. The zero-order valence-corrected chi connectivity index (χ0v) is 7.17. The molecule has 0 aliphatic heterocycles. The number of carbonyl (C=O) groups excluding carboxylic acids is 2. The third-order valence-corrected chi connectivity index (χ3v) is 1.47. The molecule has 0 atom stereocenters. The van der Waals surface area contributed by atoms with Crippen molar-refractivity contribution < 1.29 is 9.59 Å². The molecule has 3 nitrogen and oxygen atoms in total. The summed E-state index contributed by atoms with van der Waals surface area (Å²) in [6.07, 6.45) is 2.71. The van der Waals surface area contributed by atoms with E-state index in [4.69, 9.17) is 0 Å². The van der Waals surface area contributed by atoms with E-state index in [2.05, 4.69) is 0 Å². The molecular weight excluding hydrogens is 142 g/mol. The lowest BCUT2D eigenvalue weighted by atomic mass is 10.3. The van der Waals surface area contributed by atoms with Crippen molar-refractivity contribution >= 4 is 12.2 Å². The quantitative estimate of drug-likeness (QED) is 0.554. The van der Waals surface area contributed by atoms with Crippen molar-refractivity contribution in [1.82, 2.24) is 4.90 Å². The molecule has 0 saturated heterocycles. The summed E-state index contributed by atoms with van der Waals surface area (Å²) in [5, 5.41) is 0. The van der Waals surface area contributed by atoms with Crippen LogP contribution in [-0.2, 0) is 9.59 Å². The van der Waals surface area contributed by atoms with Crippen molar-refractivity contribution in [3.05, 3.63) is 0 Å². The maximum absolute atomic E-state index is 11.1. The molecule has 0 spiro atoms. The predicted octanol–water partition coefficient (Wildman–Crippen LogP) is 0.834. The monoisotopic (exact) mass is 157 g/mol. The molecular formula is C8H15NO2. The lowest BCUT2D eigenvalue weighted by Crippen LogP contribution is -2.27. The summed E-state index contributed by atoms with van der Waals surface area (Å²) in [6, 6.07) is 0. The molecule has 0 aromatic rings. The van der Waals surface area contributed by atoms with E-state index in [0.717, 1.165) is 12.7 Å². The Balaban J connectivity index is 3.54. The molecule has 0 aromatic heterocycles. The molecule has 0 rings (SSSR count). The molecule has 0 aliphatic carbocycles. The van der Waals surface area contributed by atoms with Crippen molar-refractivity contribution in [1.29, 1.82) is 0 Å². The maximum atomic E-state index is 11.1. The molecule has 64 valence electrons. The summed E-state index contributed by atoms with van der Waals surface area (Å²) in [7, 11) is 1.72. The molecule has 0 saturated carbocycles. The highest BCUT2D eigenvalue weighted by atomic mass is 16.2. The lowest BCUT2D eigenvalue weighted by Gasteiger charge is -2.14. The summed E-state index contributed by atoms with van der Waals surface area (Å²) in [5.74, 6) is 0.120. The normalized spacial score (nSPS) is 9.27. The maximum Gasteiger partial charge on any atom is 0.222 e. The summed E-state index contributed by atoms with van der Waals surface area (Å²) in [4.78, 5) is 22.6. The minimum Gasteiger partial charge on any atom is -0.345 e. The van der Waals surface area contributed by atoms with Crippen LogP contribution in [0.4, 0.5) is 0 Å². The molecule has 0 unspecified atom stereocenters. The standard InChI is InChI=1S/C8H15NO2/c1-3-5-8(11)9(2)6-4-7-10/h7H,3-6H2,1-2H3. The second-order valence-corrected chi connectivity index (χ2v) is 2.52. The van der Waals surface area contributed by atoms with E-state index in [1.54, 1.807) is 11.9 Å². The Kier molecular flexibility index (Phi) is 5.43. The smallest absolute Gasteiger partial charge is 0.222 e. The van der Waals surface area contributed by atoms with E-state index in [9.17, 15) is 9.59 Å². The van der Waals surface area contributed by atoms with Gasteiger partial charge >= 0.3 is 0 Å². The van der Waals surface area contributed by atoms with Crippen molar-refractivity contribution in [2.75, 3.05) is 13.6 Å².